The van der Waals surface area contributed by atoms with E-state index in [0.29, 0.717) is 25.7 Å². The number of nitrogens with zero attached hydrogens (tertiary/aromatic N) is 1. The Kier molecular flexibility index (Phi) is 9.18. The average molecular weight is 231 g/mol. The molecule has 0 bridgehead atoms. The lowest BCUT2D eigenvalue weighted by Crippen LogP contribution is -2.40. The Labute approximate surface area is 98.5 Å². The van der Waals surface area contributed by atoms with Crippen LogP contribution >= 0.6 is 0 Å². The molecule has 0 unspecified atom stereocenters. The molecule has 0 spiro atoms. The van der Waals surface area contributed by atoms with Crippen LogP contribution in [0.2, 0.25) is 0 Å². The van der Waals surface area contributed by atoms with E-state index in [1.165, 1.54) is 0 Å². The van der Waals surface area contributed by atoms with Crippen molar-refractivity contribution in [3.8, 4) is 0 Å². The summed E-state index contributed by atoms with van der Waals surface area (Å²) in [6.07, 6.45) is 0. The summed E-state index contributed by atoms with van der Waals surface area (Å²) < 4.78 is 4.85. The molecule has 0 aliphatic heterocycles. The van der Waals surface area contributed by atoms with E-state index in [0.717, 1.165) is 13.1 Å². The van der Waals surface area contributed by atoms with Gasteiger partial charge in [-0.05, 0) is 7.05 Å². The third kappa shape index (κ3) is 9.89. The molecule has 0 aromatic carbocycles. The number of amides is 1. The second-order valence-corrected chi connectivity index (χ2v) is 4.19. The van der Waals surface area contributed by atoms with Gasteiger partial charge in [0.2, 0.25) is 5.91 Å². The number of methoxy groups -OCH3 is 1. The molecule has 5 nitrogen and oxygen atoms in total. The van der Waals surface area contributed by atoms with Crippen molar-refractivity contribution in [1.29, 1.82) is 0 Å². The molecule has 0 aliphatic carbocycles. The van der Waals surface area contributed by atoms with Gasteiger partial charge in [0.15, 0.2) is 0 Å². The van der Waals surface area contributed by atoms with E-state index in [1.54, 1.807) is 7.11 Å². The summed E-state index contributed by atoms with van der Waals surface area (Å²) in [5.74, 6) is 0.0455. The van der Waals surface area contributed by atoms with Gasteiger partial charge in [0.1, 0.15) is 0 Å². The van der Waals surface area contributed by atoms with Crippen LogP contribution in [0.5, 0.6) is 0 Å². The summed E-state index contributed by atoms with van der Waals surface area (Å²) in [7, 11) is 3.56. The molecule has 1 amide bonds. The molecule has 2 N–H and O–H groups in total. The first-order chi connectivity index (χ1) is 7.56. The maximum Gasteiger partial charge on any atom is 0.234 e. The van der Waals surface area contributed by atoms with E-state index in [1.807, 2.05) is 11.9 Å². The minimum absolute atomic E-state index is 0.0455. The minimum Gasteiger partial charge on any atom is -0.383 e. The van der Waals surface area contributed by atoms with E-state index in [-0.39, 0.29) is 5.91 Å². The quantitative estimate of drug-likeness (QED) is 0.534. The summed E-state index contributed by atoms with van der Waals surface area (Å²) in [6, 6.07) is 0.490. The van der Waals surface area contributed by atoms with Crippen molar-refractivity contribution >= 4 is 5.91 Å². The molecule has 5 heteroatoms. The highest BCUT2D eigenvalue weighted by atomic mass is 16.5. The predicted octanol–water partition coefficient (Wildman–Crippen LogP) is -0.321. The lowest BCUT2D eigenvalue weighted by atomic mass is 10.4. The molecule has 16 heavy (non-hydrogen) atoms. The van der Waals surface area contributed by atoms with Crippen molar-refractivity contribution < 1.29 is 9.53 Å². The lowest BCUT2D eigenvalue weighted by Gasteiger charge is -2.17. The Bertz CT molecular complexity index is 186. The molecule has 0 aromatic heterocycles. The number of likely N-dealkylation sites (N-methyl/N-ethyl adjacent to an activating group) is 1. The summed E-state index contributed by atoms with van der Waals surface area (Å²) in [4.78, 5) is 13.4. The van der Waals surface area contributed by atoms with Crippen LogP contribution in [0.25, 0.3) is 0 Å². The van der Waals surface area contributed by atoms with Crippen molar-refractivity contribution in [3.05, 3.63) is 0 Å². The van der Waals surface area contributed by atoms with Gasteiger partial charge in [0.05, 0.1) is 13.2 Å². The number of carbonyl (C=O) groups excluding carboxylic acids is 1. The van der Waals surface area contributed by atoms with Crippen LogP contribution in [0.1, 0.15) is 13.8 Å². The van der Waals surface area contributed by atoms with Gasteiger partial charge in [-0.3, -0.25) is 9.69 Å². The first-order valence-corrected chi connectivity index (χ1v) is 5.73. The fraction of sp³-hybridized carbons (Fsp3) is 0.909. The second-order valence-electron chi connectivity index (χ2n) is 4.19. The predicted molar refractivity (Wildman–Crippen MR) is 65.5 cm³/mol. The molecule has 0 aromatic rings. The van der Waals surface area contributed by atoms with Crippen LogP contribution in [0.15, 0.2) is 0 Å². The highest BCUT2D eigenvalue weighted by Gasteiger charge is 2.05. The summed E-state index contributed by atoms with van der Waals surface area (Å²) in [5.41, 5.74) is 0. The maximum atomic E-state index is 11.4. The minimum atomic E-state index is 0.0455. The lowest BCUT2D eigenvalue weighted by molar-refractivity contribution is -0.122. The van der Waals surface area contributed by atoms with Crippen LogP contribution in [-0.2, 0) is 9.53 Å². The molecule has 0 saturated heterocycles. The molecule has 0 saturated carbocycles. The SMILES string of the molecule is COCCNC(=O)CN(C)CCNC(C)C. The largest absolute Gasteiger partial charge is 0.383 e. The first kappa shape index (κ1) is 15.3. The van der Waals surface area contributed by atoms with E-state index >= 15 is 0 Å². The zero-order valence-electron chi connectivity index (χ0n) is 10.9. The molecular weight excluding hydrogens is 206 g/mol. The number of rotatable bonds is 9. The Balaban J connectivity index is 3.46. The highest BCUT2D eigenvalue weighted by molar-refractivity contribution is 5.77. The number of nitrogens with one attached hydrogen (secondary N) is 2. The van der Waals surface area contributed by atoms with Gasteiger partial charge in [0, 0.05) is 32.8 Å². The Morgan fingerprint density at radius 3 is 2.62 bits per heavy atom. The molecular formula is C11H25N3O2. The first-order valence-electron chi connectivity index (χ1n) is 5.73. The van der Waals surface area contributed by atoms with E-state index in [2.05, 4.69) is 24.5 Å². The Morgan fingerprint density at radius 1 is 1.38 bits per heavy atom. The number of carbonyl (C=O) groups is 1. The zero-order valence-corrected chi connectivity index (χ0v) is 10.9. The number of ether oxygens (including phenoxy) is 1. The van der Waals surface area contributed by atoms with Gasteiger partial charge in [-0.15, -0.1) is 0 Å². The number of hydrogen-bond acceptors (Lipinski definition) is 4. The van der Waals surface area contributed by atoms with E-state index in [4.69, 9.17) is 4.74 Å². The van der Waals surface area contributed by atoms with Crippen LogP contribution in [0, 0.1) is 0 Å². The Morgan fingerprint density at radius 2 is 2.06 bits per heavy atom. The van der Waals surface area contributed by atoms with Gasteiger partial charge in [-0.1, -0.05) is 13.8 Å². The standard InChI is InChI=1S/C11H25N3O2/c1-10(2)12-5-7-14(3)9-11(15)13-6-8-16-4/h10,12H,5-9H2,1-4H3,(H,13,15). The molecule has 0 atom stereocenters. The normalized spacial score (nSPS) is 11.1. The highest BCUT2D eigenvalue weighted by Crippen LogP contribution is 1.82. The molecule has 0 aliphatic rings. The van der Waals surface area contributed by atoms with Crippen LogP contribution in [0.4, 0.5) is 0 Å². The summed E-state index contributed by atoms with van der Waals surface area (Å²) in [5, 5.41) is 6.10. The van der Waals surface area contributed by atoms with Crippen molar-refractivity contribution in [2.45, 2.75) is 19.9 Å². The van der Waals surface area contributed by atoms with E-state index < -0.39 is 0 Å². The van der Waals surface area contributed by atoms with Crippen LogP contribution in [0.3, 0.4) is 0 Å². The average Bonchev–Trinajstić information content (AvgIpc) is 2.17. The van der Waals surface area contributed by atoms with Crippen molar-refractivity contribution in [1.82, 2.24) is 15.5 Å². The molecule has 96 valence electrons. The maximum absolute atomic E-state index is 11.4. The molecule has 0 heterocycles. The van der Waals surface area contributed by atoms with Crippen molar-refractivity contribution in [2.75, 3.05) is 46.9 Å². The van der Waals surface area contributed by atoms with Crippen molar-refractivity contribution in [2.24, 2.45) is 0 Å². The van der Waals surface area contributed by atoms with Gasteiger partial charge < -0.3 is 15.4 Å². The zero-order chi connectivity index (χ0) is 12.4. The fourth-order valence-corrected chi connectivity index (χ4v) is 1.22. The monoisotopic (exact) mass is 231 g/mol. The fourth-order valence-electron chi connectivity index (χ4n) is 1.22. The second kappa shape index (κ2) is 9.57. The van der Waals surface area contributed by atoms with E-state index in [9.17, 15) is 4.79 Å². The molecule has 0 fully saturated rings. The van der Waals surface area contributed by atoms with Gasteiger partial charge in [-0.25, -0.2) is 0 Å². The van der Waals surface area contributed by atoms with Crippen LogP contribution in [-0.4, -0.2) is 63.8 Å². The smallest absolute Gasteiger partial charge is 0.234 e. The molecule has 0 rings (SSSR count). The summed E-state index contributed by atoms with van der Waals surface area (Å²) in [6.45, 7) is 7.56. The Hall–Kier alpha value is -0.650. The van der Waals surface area contributed by atoms with Crippen LogP contribution < -0.4 is 10.6 Å². The summed E-state index contributed by atoms with van der Waals surface area (Å²) >= 11 is 0. The number of hydrogen-bond donors (Lipinski definition) is 2. The van der Waals surface area contributed by atoms with Gasteiger partial charge in [0.25, 0.3) is 0 Å². The topological polar surface area (TPSA) is 53.6 Å². The van der Waals surface area contributed by atoms with Crippen molar-refractivity contribution in [3.63, 3.8) is 0 Å². The third-order valence-corrected chi connectivity index (χ3v) is 2.09. The third-order valence-electron chi connectivity index (χ3n) is 2.09. The van der Waals surface area contributed by atoms with Gasteiger partial charge in [-0.2, -0.15) is 0 Å². The van der Waals surface area contributed by atoms with Gasteiger partial charge >= 0.3 is 0 Å². The molecule has 0 radical (unpaired) electrons.